The van der Waals surface area contributed by atoms with Crippen LogP contribution in [0.4, 0.5) is 0 Å². The van der Waals surface area contributed by atoms with Gasteiger partial charge < -0.3 is 5.21 Å². The minimum Gasteiger partial charge on any atom is -0.623 e. The van der Waals surface area contributed by atoms with Gasteiger partial charge in [-0.15, -0.1) is 0 Å². The molecule has 3 aromatic carbocycles. The predicted molar refractivity (Wildman–Crippen MR) is 89.0 cm³/mol. The van der Waals surface area contributed by atoms with Crippen molar-refractivity contribution in [1.29, 1.82) is 0 Å². The summed E-state index contributed by atoms with van der Waals surface area (Å²) in [6.07, 6.45) is 1.70. The van der Waals surface area contributed by atoms with E-state index in [0.717, 1.165) is 32.6 Å². The Bertz CT molecular complexity index is 852. The molecule has 0 radical (unpaired) electrons. The van der Waals surface area contributed by atoms with Gasteiger partial charge in [-0.3, -0.25) is 0 Å². The van der Waals surface area contributed by atoms with Crippen molar-refractivity contribution in [2.45, 2.75) is 6.04 Å². The lowest BCUT2D eigenvalue weighted by Gasteiger charge is -2.18. The van der Waals surface area contributed by atoms with E-state index in [2.05, 4.69) is 12.1 Å². The molecule has 2 heteroatoms. The first kappa shape index (κ1) is 12.8. The fourth-order valence-electron chi connectivity index (χ4n) is 3.15. The van der Waals surface area contributed by atoms with Crippen molar-refractivity contribution >= 4 is 6.21 Å². The Morgan fingerprint density at radius 1 is 0.682 bits per heavy atom. The molecule has 0 spiro atoms. The first-order valence-electron chi connectivity index (χ1n) is 7.38. The topological polar surface area (TPSA) is 26.1 Å². The van der Waals surface area contributed by atoms with Crippen LogP contribution in [0.1, 0.15) is 22.7 Å². The van der Waals surface area contributed by atoms with Crippen LogP contribution in [0.2, 0.25) is 0 Å². The van der Waals surface area contributed by atoms with Crippen molar-refractivity contribution in [3.8, 4) is 11.1 Å². The minimum absolute atomic E-state index is 0.315. The number of hydroxylamine groups is 1. The average Bonchev–Trinajstić information content (AvgIpc) is 2.69. The molecule has 2 nitrogen and oxygen atoms in total. The van der Waals surface area contributed by atoms with Gasteiger partial charge in [-0.2, -0.15) is 4.74 Å². The molecular weight excluding hydrogens is 270 g/mol. The Hall–Kier alpha value is -2.87. The smallest absolute Gasteiger partial charge is 0.214 e. The fourth-order valence-corrected chi connectivity index (χ4v) is 3.15. The van der Waals surface area contributed by atoms with Crippen molar-refractivity contribution < 1.29 is 4.74 Å². The minimum atomic E-state index is -0.315. The van der Waals surface area contributed by atoms with Gasteiger partial charge in [-0.25, -0.2) is 0 Å². The van der Waals surface area contributed by atoms with Gasteiger partial charge in [0.05, 0.1) is 0 Å². The van der Waals surface area contributed by atoms with Crippen LogP contribution in [-0.4, -0.2) is 11.0 Å². The van der Waals surface area contributed by atoms with Gasteiger partial charge in [0, 0.05) is 16.7 Å². The van der Waals surface area contributed by atoms with E-state index in [-0.39, 0.29) is 6.04 Å². The summed E-state index contributed by atoms with van der Waals surface area (Å²) in [6.45, 7) is 0. The van der Waals surface area contributed by atoms with Gasteiger partial charge in [0.15, 0.2) is 6.21 Å². The van der Waals surface area contributed by atoms with Crippen molar-refractivity contribution in [3.63, 3.8) is 0 Å². The maximum absolute atomic E-state index is 12.8. The van der Waals surface area contributed by atoms with Gasteiger partial charge in [0.2, 0.25) is 6.04 Å². The Morgan fingerprint density at radius 2 is 1.32 bits per heavy atom. The van der Waals surface area contributed by atoms with Crippen LogP contribution >= 0.6 is 0 Å². The molecule has 0 aromatic heterocycles. The van der Waals surface area contributed by atoms with E-state index in [4.69, 9.17) is 0 Å². The highest BCUT2D eigenvalue weighted by atomic mass is 16.5. The molecular formula is C20H15NO. The lowest BCUT2D eigenvalue weighted by atomic mass is 9.91. The maximum atomic E-state index is 12.8. The van der Waals surface area contributed by atoms with Gasteiger partial charge in [-0.1, -0.05) is 72.8 Å². The highest BCUT2D eigenvalue weighted by Crippen LogP contribution is 2.37. The van der Waals surface area contributed by atoms with Crippen LogP contribution in [0.15, 0.2) is 78.9 Å². The molecule has 1 heterocycles. The van der Waals surface area contributed by atoms with Crippen molar-refractivity contribution in [3.05, 3.63) is 101 Å². The molecule has 0 bridgehead atoms. The third-order valence-corrected chi connectivity index (χ3v) is 4.14. The Balaban J connectivity index is 2.03. The number of fused-ring (bicyclic) bond motifs is 3. The van der Waals surface area contributed by atoms with E-state index in [1.165, 1.54) is 0 Å². The van der Waals surface area contributed by atoms with Crippen molar-refractivity contribution in [1.82, 2.24) is 0 Å². The van der Waals surface area contributed by atoms with Crippen LogP contribution in [-0.2, 0) is 0 Å². The number of rotatable bonds is 1. The standard InChI is InChI=1S/C20H15NO/c22-21-14-16-10-4-5-11-17(16)18-12-6-7-13-19(18)20(21)15-8-2-1-3-9-15/h1-14,20H. The SMILES string of the molecule is [O-][N+]1=Cc2ccccc2-c2ccccc2C1c1ccccc1. The maximum Gasteiger partial charge on any atom is 0.214 e. The molecule has 0 saturated carbocycles. The largest absolute Gasteiger partial charge is 0.623 e. The van der Waals surface area contributed by atoms with Crippen molar-refractivity contribution in [2.24, 2.45) is 0 Å². The molecule has 1 unspecified atom stereocenters. The van der Waals surface area contributed by atoms with Crippen LogP contribution in [0, 0.1) is 5.21 Å². The quantitative estimate of drug-likeness (QED) is 0.481. The number of hydrogen-bond donors (Lipinski definition) is 0. The first-order chi connectivity index (χ1) is 10.8. The summed E-state index contributed by atoms with van der Waals surface area (Å²) in [5.41, 5.74) is 5.25. The second kappa shape index (κ2) is 5.15. The van der Waals surface area contributed by atoms with E-state index in [0.29, 0.717) is 0 Å². The van der Waals surface area contributed by atoms with E-state index in [9.17, 15) is 5.21 Å². The van der Waals surface area contributed by atoms with Crippen LogP contribution in [0.5, 0.6) is 0 Å². The lowest BCUT2D eigenvalue weighted by Crippen LogP contribution is -2.15. The summed E-state index contributed by atoms with van der Waals surface area (Å²) in [7, 11) is 0. The summed E-state index contributed by atoms with van der Waals surface area (Å²) in [4.78, 5) is 0. The lowest BCUT2D eigenvalue weighted by molar-refractivity contribution is -0.490. The van der Waals surface area contributed by atoms with Crippen LogP contribution < -0.4 is 0 Å². The van der Waals surface area contributed by atoms with Crippen LogP contribution in [0.25, 0.3) is 11.1 Å². The highest BCUT2D eigenvalue weighted by Gasteiger charge is 2.28. The average molecular weight is 285 g/mol. The molecule has 106 valence electrons. The van der Waals surface area contributed by atoms with Gasteiger partial charge in [-0.05, 0) is 17.2 Å². The zero-order valence-electron chi connectivity index (χ0n) is 12.0. The van der Waals surface area contributed by atoms with Gasteiger partial charge in [0.25, 0.3) is 0 Å². The molecule has 0 amide bonds. The molecule has 0 N–H and O–H groups in total. The fraction of sp³-hybridized carbons (Fsp3) is 0.0500. The molecule has 0 saturated heterocycles. The third kappa shape index (κ3) is 2.01. The molecule has 22 heavy (non-hydrogen) atoms. The first-order valence-corrected chi connectivity index (χ1v) is 7.38. The number of nitrogens with zero attached hydrogens (tertiary/aromatic N) is 1. The molecule has 4 rings (SSSR count). The summed E-state index contributed by atoms with van der Waals surface area (Å²) >= 11 is 0. The predicted octanol–water partition coefficient (Wildman–Crippen LogP) is 4.39. The van der Waals surface area contributed by atoms with Crippen LogP contribution in [0.3, 0.4) is 0 Å². The second-order valence-corrected chi connectivity index (χ2v) is 5.48. The zero-order chi connectivity index (χ0) is 14.9. The van der Waals surface area contributed by atoms with E-state index >= 15 is 0 Å². The third-order valence-electron chi connectivity index (χ3n) is 4.14. The van der Waals surface area contributed by atoms with Gasteiger partial charge >= 0.3 is 0 Å². The molecule has 0 aliphatic carbocycles. The molecule has 1 atom stereocenters. The normalized spacial score (nSPS) is 16.2. The molecule has 3 aromatic rings. The monoisotopic (exact) mass is 285 g/mol. The Morgan fingerprint density at radius 3 is 2.14 bits per heavy atom. The summed E-state index contributed by atoms with van der Waals surface area (Å²) < 4.78 is 1.07. The van der Waals surface area contributed by atoms with Gasteiger partial charge in [0.1, 0.15) is 0 Å². The van der Waals surface area contributed by atoms with E-state index in [1.54, 1.807) is 6.21 Å². The summed E-state index contributed by atoms with van der Waals surface area (Å²) in [5, 5.41) is 12.8. The highest BCUT2D eigenvalue weighted by molar-refractivity contribution is 5.90. The number of hydrogen-bond acceptors (Lipinski definition) is 1. The van der Waals surface area contributed by atoms with E-state index in [1.807, 2.05) is 66.7 Å². The summed E-state index contributed by atoms with van der Waals surface area (Å²) in [5.74, 6) is 0. The number of benzene rings is 3. The molecule has 1 aliphatic rings. The molecule has 0 fully saturated rings. The summed E-state index contributed by atoms with van der Waals surface area (Å²) in [6, 6.07) is 25.8. The van der Waals surface area contributed by atoms with Crippen molar-refractivity contribution in [2.75, 3.05) is 0 Å². The second-order valence-electron chi connectivity index (χ2n) is 5.48. The van der Waals surface area contributed by atoms with E-state index < -0.39 is 0 Å². The molecule has 1 aliphatic heterocycles. The Labute approximate surface area is 129 Å². The zero-order valence-corrected chi connectivity index (χ0v) is 12.0. The Kier molecular flexibility index (Phi) is 3.01.